The number of fused-ring (bicyclic) bond motifs is 2. The van der Waals surface area contributed by atoms with Crippen LogP contribution in [-0.2, 0) is 11.3 Å². The van der Waals surface area contributed by atoms with Crippen molar-refractivity contribution in [3.63, 3.8) is 0 Å². The van der Waals surface area contributed by atoms with Gasteiger partial charge in [-0.2, -0.15) is 5.10 Å². The third-order valence-electron chi connectivity index (χ3n) is 5.91. The van der Waals surface area contributed by atoms with Crippen molar-refractivity contribution in [3.05, 3.63) is 99.7 Å². The number of ether oxygens (including phenoxy) is 1. The number of aromatic nitrogens is 4. The van der Waals surface area contributed by atoms with Crippen LogP contribution in [0.3, 0.4) is 0 Å². The second kappa shape index (κ2) is 7.85. The van der Waals surface area contributed by atoms with Gasteiger partial charge in [0.15, 0.2) is 0 Å². The van der Waals surface area contributed by atoms with Crippen LogP contribution in [0.25, 0.3) is 22.2 Å². The van der Waals surface area contributed by atoms with Crippen molar-refractivity contribution in [1.82, 2.24) is 19.7 Å². The summed E-state index contributed by atoms with van der Waals surface area (Å²) in [6.45, 7) is 2.60. The van der Waals surface area contributed by atoms with Crippen LogP contribution >= 0.6 is 0 Å². The van der Waals surface area contributed by atoms with Crippen LogP contribution in [-0.4, -0.2) is 32.8 Å². The van der Waals surface area contributed by atoms with E-state index in [9.17, 15) is 9.59 Å². The zero-order chi connectivity index (χ0) is 22.2. The van der Waals surface area contributed by atoms with E-state index in [1.165, 1.54) is 12.7 Å². The van der Waals surface area contributed by atoms with Crippen molar-refractivity contribution in [2.24, 2.45) is 0 Å². The van der Waals surface area contributed by atoms with Crippen molar-refractivity contribution < 1.29 is 9.53 Å². The van der Waals surface area contributed by atoms with Gasteiger partial charge in [-0.25, -0.2) is 9.89 Å². The number of methoxy groups -OCH3 is 1. The summed E-state index contributed by atoms with van der Waals surface area (Å²) >= 11 is 0. The number of H-pyrrole nitrogens is 2. The number of hydrogen-bond donors (Lipinski definition) is 2. The number of aromatic amines is 2. The van der Waals surface area contributed by atoms with Gasteiger partial charge in [-0.05, 0) is 24.1 Å². The van der Waals surface area contributed by atoms with Crippen LogP contribution in [0.1, 0.15) is 33.1 Å². The third kappa shape index (κ3) is 3.28. The van der Waals surface area contributed by atoms with Gasteiger partial charge in [0.25, 0.3) is 5.56 Å². The highest BCUT2D eigenvalue weighted by Crippen LogP contribution is 2.35. The highest BCUT2D eigenvalue weighted by atomic mass is 16.5. The third-order valence-corrected chi connectivity index (χ3v) is 5.91. The molecule has 160 valence electrons. The van der Waals surface area contributed by atoms with Gasteiger partial charge >= 0.3 is 5.97 Å². The fourth-order valence-corrected chi connectivity index (χ4v) is 4.46. The van der Waals surface area contributed by atoms with E-state index in [2.05, 4.69) is 46.4 Å². The van der Waals surface area contributed by atoms with Crippen LogP contribution in [0.2, 0.25) is 0 Å². The highest BCUT2D eigenvalue weighted by Gasteiger charge is 2.25. The maximum atomic E-state index is 12.4. The summed E-state index contributed by atoms with van der Waals surface area (Å²) in [6.07, 6.45) is 3.45. The maximum Gasteiger partial charge on any atom is 0.341 e. The monoisotopic (exact) mass is 426 g/mol. The quantitative estimate of drug-likeness (QED) is 0.414. The standard InChI is InChI=1S/C25H22N4O3/c1-15-22(17-10-6-7-11-21(17)26-15)18(16-8-4-3-5-9-16)12-29-13-19-23(27-28-24(19)30)20(14-29)25(31)32-2/h3-11,13-14,18,26H,12H2,1-2H3,(H,28,30)/t18-/m1/s1. The number of nitrogens with zero attached hydrogens (tertiary/aromatic N) is 2. The number of benzene rings is 2. The Bertz CT molecular complexity index is 1450. The molecule has 1 atom stereocenters. The lowest BCUT2D eigenvalue weighted by molar-refractivity contribution is 0.0600. The number of para-hydroxylation sites is 1. The number of carbonyl (C=O) groups excluding carboxylic acids is 1. The first kappa shape index (κ1) is 19.8. The summed E-state index contributed by atoms with van der Waals surface area (Å²) in [5.74, 6) is -0.544. The number of aryl methyl sites for hydroxylation is 1. The van der Waals surface area contributed by atoms with Crippen LogP contribution in [0, 0.1) is 6.92 Å². The Morgan fingerprint density at radius 2 is 1.84 bits per heavy atom. The van der Waals surface area contributed by atoms with Crippen molar-refractivity contribution >= 4 is 16.9 Å². The van der Waals surface area contributed by atoms with Crippen LogP contribution in [0.4, 0.5) is 0 Å². The number of pyridine rings is 1. The van der Waals surface area contributed by atoms with Gasteiger partial charge in [0.1, 0.15) is 11.3 Å². The largest absolute Gasteiger partial charge is 0.465 e. The minimum Gasteiger partial charge on any atom is -0.465 e. The average molecular weight is 426 g/mol. The van der Waals surface area contributed by atoms with Gasteiger partial charge in [0.2, 0.25) is 0 Å². The zero-order valence-electron chi connectivity index (χ0n) is 17.8. The molecule has 3 heterocycles. The molecule has 1 aromatic heterocycles. The first-order valence-electron chi connectivity index (χ1n) is 10.4. The van der Waals surface area contributed by atoms with Crippen molar-refractivity contribution in [1.29, 1.82) is 0 Å². The molecule has 0 bridgehead atoms. The Labute approximate surface area is 184 Å². The predicted molar refractivity (Wildman–Crippen MR) is 122 cm³/mol. The van der Waals surface area contributed by atoms with Crippen molar-refractivity contribution in [3.8, 4) is 11.3 Å². The van der Waals surface area contributed by atoms with Gasteiger partial charge in [-0.1, -0.05) is 48.5 Å². The van der Waals surface area contributed by atoms with Gasteiger partial charge in [0, 0.05) is 41.5 Å². The SMILES string of the molecule is COC(=O)c1cn(C[C@H](c2ccccc2)c2c(C)[nH]c3ccccc23)cc2c(=O)[nH]nc1-2. The molecule has 0 spiro atoms. The zero-order valence-corrected chi connectivity index (χ0v) is 17.8. The molecule has 3 aromatic rings. The Morgan fingerprint density at radius 3 is 2.62 bits per heavy atom. The topological polar surface area (TPSA) is 92.8 Å². The molecule has 0 fully saturated rings. The highest BCUT2D eigenvalue weighted by molar-refractivity contribution is 5.96. The summed E-state index contributed by atoms with van der Waals surface area (Å²) in [5, 5.41) is 7.61. The van der Waals surface area contributed by atoms with Crippen LogP contribution in [0.5, 0.6) is 0 Å². The summed E-state index contributed by atoms with van der Waals surface area (Å²) < 4.78 is 6.81. The Balaban J connectivity index is 1.69. The lowest BCUT2D eigenvalue weighted by Gasteiger charge is -2.21. The van der Waals surface area contributed by atoms with Crippen LogP contribution in [0.15, 0.2) is 71.8 Å². The summed E-state index contributed by atoms with van der Waals surface area (Å²) in [6, 6.07) is 18.5. The molecule has 0 saturated carbocycles. The van der Waals surface area contributed by atoms with Gasteiger partial charge in [-0.15, -0.1) is 0 Å². The fourth-order valence-electron chi connectivity index (χ4n) is 4.46. The average Bonchev–Trinajstić information content (AvgIpc) is 3.36. The van der Waals surface area contributed by atoms with Crippen LogP contribution < -0.4 is 5.56 Å². The lowest BCUT2D eigenvalue weighted by Crippen LogP contribution is -2.16. The molecule has 0 radical (unpaired) electrons. The van der Waals surface area contributed by atoms with E-state index in [1.807, 2.05) is 34.9 Å². The molecule has 2 N–H and O–H groups in total. The molecule has 2 aromatic carbocycles. The van der Waals surface area contributed by atoms with E-state index < -0.39 is 5.97 Å². The molecular formula is C25H22N4O3. The Morgan fingerprint density at radius 1 is 1.09 bits per heavy atom. The predicted octanol–water partition coefficient (Wildman–Crippen LogP) is 4.08. The molecule has 0 unspecified atom stereocenters. The van der Waals surface area contributed by atoms with Gasteiger partial charge in [-0.3, -0.25) is 4.79 Å². The number of carbonyl (C=O) groups is 1. The Hall–Kier alpha value is -4.13. The van der Waals surface area contributed by atoms with Gasteiger partial charge < -0.3 is 14.3 Å². The van der Waals surface area contributed by atoms with E-state index in [-0.39, 0.29) is 17.0 Å². The second-order valence-corrected chi connectivity index (χ2v) is 7.85. The molecule has 0 aliphatic carbocycles. The van der Waals surface area contributed by atoms with E-state index in [0.717, 1.165) is 22.2 Å². The Kier molecular flexibility index (Phi) is 4.86. The molecule has 5 rings (SSSR count). The summed E-state index contributed by atoms with van der Waals surface area (Å²) in [4.78, 5) is 28.2. The second-order valence-electron chi connectivity index (χ2n) is 7.85. The molecule has 7 heteroatoms. The van der Waals surface area contributed by atoms with Gasteiger partial charge in [0.05, 0.1) is 12.7 Å². The van der Waals surface area contributed by atoms with Crippen molar-refractivity contribution in [2.45, 2.75) is 19.4 Å². The molecule has 7 nitrogen and oxygen atoms in total. The molecular weight excluding hydrogens is 404 g/mol. The molecule has 0 amide bonds. The van der Waals surface area contributed by atoms with E-state index >= 15 is 0 Å². The van der Waals surface area contributed by atoms with E-state index in [0.29, 0.717) is 17.8 Å². The molecule has 2 aliphatic heterocycles. The number of esters is 1. The first-order chi connectivity index (χ1) is 15.6. The summed E-state index contributed by atoms with van der Waals surface area (Å²) in [7, 11) is 1.32. The molecule has 32 heavy (non-hydrogen) atoms. The maximum absolute atomic E-state index is 12.4. The minimum atomic E-state index is -0.532. The lowest BCUT2D eigenvalue weighted by atomic mass is 9.89. The fraction of sp³-hybridized carbons (Fsp3) is 0.160. The number of nitrogens with one attached hydrogen (secondary N) is 2. The number of rotatable bonds is 5. The minimum absolute atomic E-state index is 0.0118. The van der Waals surface area contributed by atoms with E-state index in [1.54, 1.807) is 12.4 Å². The number of hydrogen-bond acceptors (Lipinski definition) is 4. The van der Waals surface area contributed by atoms with Crippen molar-refractivity contribution in [2.75, 3.05) is 7.11 Å². The summed E-state index contributed by atoms with van der Waals surface area (Å²) in [5.41, 5.74) is 5.09. The molecule has 2 aliphatic rings. The first-order valence-corrected chi connectivity index (χ1v) is 10.4. The van der Waals surface area contributed by atoms with E-state index in [4.69, 9.17) is 4.74 Å². The molecule has 0 saturated heterocycles. The smallest absolute Gasteiger partial charge is 0.341 e. The normalized spacial score (nSPS) is 12.3.